The van der Waals surface area contributed by atoms with Crippen molar-refractivity contribution in [2.24, 2.45) is 4.99 Å². The van der Waals surface area contributed by atoms with E-state index in [1.807, 2.05) is 62.4 Å². The van der Waals surface area contributed by atoms with Crippen LogP contribution in [0.3, 0.4) is 0 Å². The van der Waals surface area contributed by atoms with Crippen molar-refractivity contribution in [3.63, 3.8) is 0 Å². The Kier molecular flexibility index (Phi) is 5.71. The van der Waals surface area contributed by atoms with E-state index in [1.54, 1.807) is 6.08 Å². The van der Waals surface area contributed by atoms with Crippen molar-refractivity contribution in [1.82, 2.24) is 0 Å². The lowest BCUT2D eigenvalue weighted by Gasteiger charge is -2.12. The van der Waals surface area contributed by atoms with Gasteiger partial charge >= 0.3 is 5.97 Å². The third kappa shape index (κ3) is 4.64. The standard InChI is InChI=1S/C22H21NO4/c1-4-25-20-13-16(10-11-19(20)26-14-15(2)3)12-18-22(24)27-21(23-18)17-8-6-5-7-9-17/h5-13H,2,4,14H2,1,3H3/b18-12+. The number of esters is 1. The molecule has 0 saturated heterocycles. The normalized spacial score (nSPS) is 14.7. The molecule has 0 bridgehead atoms. The van der Waals surface area contributed by atoms with Gasteiger partial charge in [-0.3, -0.25) is 0 Å². The van der Waals surface area contributed by atoms with E-state index in [0.29, 0.717) is 30.6 Å². The Labute approximate surface area is 158 Å². The van der Waals surface area contributed by atoms with Gasteiger partial charge in [-0.25, -0.2) is 9.79 Å². The number of hydrogen-bond donors (Lipinski definition) is 0. The Balaban J connectivity index is 1.87. The summed E-state index contributed by atoms with van der Waals surface area (Å²) >= 11 is 0. The molecule has 1 aliphatic rings. The summed E-state index contributed by atoms with van der Waals surface area (Å²) in [7, 11) is 0. The molecule has 138 valence electrons. The van der Waals surface area contributed by atoms with Crippen molar-refractivity contribution in [2.75, 3.05) is 13.2 Å². The molecule has 5 heteroatoms. The molecule has 0 radical (unpaired) electrons. The summed E-state index contributed by atoms with van der Waals surface area (Å²) in [4.78, 5) is 16.5. The smallest absolute Gasteiger partial charge is 0.363 e. The average Bonchev–Trinajstić information content (AvgIpc) is 3.02. The first-order valence-electron chi connectivity index (χ1n) is 8.69. The van der Waals surface area contributed by atoms with Gasteiger partial charge in [-0.1, -0.05) is 30.8 Å². The number of benzene rings is 2. The van der Waals surface area contributed by atoms with Crippen LogP contribution in [0.2, 0.25) is 0 Å². The minimum atomic E-state index is -0.477. The topological polar surface area (TPSA) is 57.1 Å². The Morgan fingerprint density at radius 2 is 1.93 bits per heavy atom. The van der Waals surface area contributed by atoms with Gasteiger partial charge in [-0.2, -0.15) is 0 Å². The number of rotatable bonds is 7. The summed E-state index contributed by atoms with van der Waals surface area (Å²) in [6, 6.07) is 14.8. The van der Waals surface area contributed by atoms with E-state index >= 15 is 0 Å². The average molecular weight is 363 g/mol. The number of cyclic esters (lactones) is 1. The molecule has 0 N–H and O–H groups in total. The molecule has 2 aromatic rings. The maximum absolute atomic E-state index is 12.1. The van der Waals surface area contributed by atoms with Crippen molar-refractivity contribution < 1.29 is 19.0 Å². The number of carbonyl (C=O) groups excluding carboxylic acids is 1. The first-order valence-corrected chi connectivity index (χ1v) is 8.69. The highest BCUT2D eigenvalue weighted by atomic mass is 16.6. The van der Waals surface area contributed by atoms with Crippen LogP contribution in [0.15, 0.2) is 71.4 Å². The molecule has 0 aliphatic carbocycles. The Morgan fingerprint density at radius 1 is 1.15 bits per heavy atom. The minimum absolute atomic E-state index is 0.243. The largest absolute Gasteiger partial charge is 0.490 e. The summed E-state index contributed by atoms with van der Waals surface area (Å²) < 4.78 is 16.6. The third-order valence-electron chi connectivity index (χ3n) is 3.69. The minimum Gasteiger partial charge on any atom is -0.490 e. The monoisotopic (exact) mass is 363 g/mol. The van der Waals surface area contributed by atoms with Gasteiger partial charge in [0.05, 0.1) is 6.61 Å². The van der Waals surface area contributed by atoms with Gasteiger partial charge in [0.15, 0.2) is 17.2 Å². The first-order chi connectivity index (χ1) is 13.1. The number of ether oxygens (including phenoxy) is 3. The maximum atomic E-state index is 12.1. The van der Waals surface area contributed by atoms with Crippen molar-refractivity contribution in [3.05, 3.63) is 77.5 Å². The summed E-state index contributed by atoms with van der Waals surface area (Å²) in [6.07, 6.45) is 1.67. The van der Waals surface area contributed by atoms with Crippen LogP contribution in [0, 0.1) is 0 Å². The molecule has 5 nitrogen and oxygen atoms in total. The van der Waals surface area contributed by atoms with E-state index < -0.39 is 5.97 Å². The zero-order valence-corrected chi connectivity index (χ0v) is 15.4. The lowest BCUT2D eigenvalue weighted by atomic mass is 10.1. The van der Waals surface area contributed by atoms with Gasteiger partial charge in [0.25, 0.3) is 0 Å². The fourth-order valence-electron chi connectivity index (χ4n) is 2.47. The molecular formula is C22H21NO4. The second-order valence-corrected chi connectivity index (χ2v) is 6.09. The molecule has 1 heterocycles. The summed E-state index contributed by atoms with van der Waals surface area (Å²) in [6.45, 7) is 8.54. The molecule has 2 aromatic carbocycles. The van der Waals surface area contributed by atoms with Gasteiger partial charge < -0.3 is 14.2 Å². The number of aliphatic imine (C=N–C) groups is 1. The predicted octanol–water partition coefficient (Wildman–Crippen LogP) is 4.38. The Morgan fingerprint density at radius 3 is 2.63 bits per heavy atom. The molecular weight excluding hydrogens is 342 g/mol. The van der Waals surface area contributed by atoms with E-state index in [2.05, 4.69) is 11.6 Å². The Bertz CT molecular complexity index is 913. The van der Waals surface area contributed by atoms with Crippen LogP contribution in [-0.4, -0.2) is 25.1 Å². The fourth-order valence-corrected chi connectivity index (χ4v) is 2.47. The van der Waals surface area contributed by atoms with Gasteiger partial charge in [-0.15, -0.1) is 0 Å². The summed E-state index contributed by atoms with van der Waals surface area (Å²) in [5.74, 6) is 1.06. The molecule has 1 aliphatic heterocycles. The SMILES string of the molecule is C=C(C)COc1ccc(/C=C2/N=C(c3ccccc3)OC2=O)cc1OCC. The second-order valence-electron chi connectivity index (χ2n) is 6.09. The van der Waals surface area contributed by atoms with Gasteiger partial charge in [0.2, 0.25) is 5.90 Å². The summed E-state index contributed by atoms with van der Waals surface area (Å²) in [5, 5.41) is 0. The number of hydrogen-bond acceptors (Lipinski definition) is 5. The quantitative estimate of drug-likeness (QED) is 0.416. The number of nitrogens with zero attached hydrogens (tertiary/aromatic N) is 1. The maximum Gasteiger partial charge on any atom is 0.363 e. The molecule has 27 heavy (non-hydrogen) atoms. The van der Waals surface area contributed by atoms with Gasteiger partial charge in [0.1, 0.15) is 6.61 Å². The molecule has 0 spiro atoms. The van der Waals surface area contributed by atoms with Crippen LogP contribution >= 0.6 is 0 Å². The molecule has 0 amide bonds. The highest BCUT2D eigenvalue weighted by Gasteiger charge is 2.24. The number of carbonyl (C=O) groups is 1. The van der Waals surface area contributed by atoms with Crippen LogP contribution in [0.1, 0.15) is 25.0 Å². The van der Waals surface area contributed by atoms with Crippen LogP contribution in [-0.2, 0) is 9.53 Å². The van der Waals surface area contributed by atoms with E-state index in [1.165, 1.54) is 0 Å². The molecule has 0 atom stereocenters. The van der Waals surface area contributed by atoms with Crippen molar-refractivity contribution >= 4 is 17.9 Å². The first kappa shape index (κ1) is 18.5. The van der Waals surface area contributed by atoms with Crippen molar-refractivity contribution in [1.29, 1.82) is 0 Å². The molecule has 0 unspecified atom stereocenters. The van der Waals surface area contributed by atoms with E-state index in [4.69, 9.17) is 14.2 Å². The van der Waals surface area contributed by atoms with Crippen LogP contribution in [0.4, 0.5) is 0 Å². The lowest BCUT2D eigenvalue weighted by Crippen LogP contribution is -2.05. The second kappa shape index (κ2) is 8.36. The van der Waals surface area contributed by atoms with E-state index in [9.17, 15) is 4.79 Å². The fraction of sp³-hybridized carbons (Fsp3) is 0.182. The molecule has 0 aromatic heterocycles. The zero-order valence-electron chi connectivity index (χ0n) is 15.4. The van der Waals surface area contributed by atoms with Crippen LogP contribution < -0.4 is 9.47 Å². The molecule has 0 fully saturated rings. The zero-order chi connectivity index (χ0) is 19.2. The molecule has 0 saturated carbocycles. The van der Waals surface area contributed by atoms with E-state index in [-0.39, 0.29) is 5.70 Å². The Hall–Kier alpha value is -3.34. The predicted molar refractivity (Wildman–Crippen MR) is 105 cm³/mol. The van der Waals surface area contributed by atoms with Crippen LogP contribution in [0.5, 0.6) is 11.5 Å². The highest BCUT2D eigenvalue weighted by molar-refractivity contribution is 6.12. The highest BCUT2D eigenvalue weighted by Crippen LogP contribution is 2.30. The van der Waals surface area contributed by atoms with E-state index in [0.717, 1.165) is 16.7 Å². The van der Waals surface area contributed by atoms with Gasteiger partial charge in [-0.05, 0) is 55.3 Å². The third-order valence-corrected chi connectivity index (χ3v) is 3.69. The van der Waals surface area contributed by atoms with Crippen molar-refractivity contribution in [3.8, 4) is 11.5 Å². The van der Waals surface area contributed by atoms with Gasteiger partial charge in [0, 0.05) is 5.56 Å². The molecule has 3 rings (SSSR count). The van der Waals surface area contributed by atoms with Crippen LogP contribution in [0.25, 0.3) is 6.08 Å². The lowest BCUT2D eigenvalue weighted by molar-refractivity contribution is -0.129. The summed E-state index contributed by atoms with van der Waals surface area (Å²) in [5.41, 5.74) is 2.69. The van der Waals surface area contributed by atoms with Crippen molar-refractivity contribution in [2.45, 2.75) is 13.8 Å².